The topological polar surface area (TPSA) is 90.5 Å². The fourth-order valence-electron chi connectivity index (χ4n) is 5.95. The number of rotatable bonds is 35. The second-order valence-electron chi connectivity index (χ2n) is 14.0. The normalized spacial score (nSPS) is 11.9. The third-order valence-corrected chi connectivity index (χ3v) is 8.99. The quantitative estimate of drug-likeness (QED) is 0.0597. The lowest BCUT2D eigenvalue weighted by atomic mass is 10.0. The second kappa shape index (κ2) is 34.7. The van der Waals surface area contributed by atoms with Crippen molar-refractivity contribution in [3.63, 3.8) is 0 Å². The number of nitrogens with zero attached hydrogens (tertiary/aromatic N) is 1. The van der Waals surface area contributed by atoms with Gasteiger partial charge in [-0.05, 0) is 59.2 Å². The Morgan fingerprint density at radius 3 is 1.35 bits per heavy atom. The monoisotopic (exact) mass is 651 g/mol. The van der Waals surface area contributed by atoms with Gasteiger partial charge in [0.25, 0.3) is 0 Å². The van der Waals surface area contributed by atoms with Gasteiger partial charge in [-0.3, -0.25) is 14.4 Å². The summed E-state index contributed by atoms with van der Waals surface area (Å²) in [4.78, 5) is 40.0. The van der Waals surface area contributed by atoms with Gasteiger partial charge in [0.15, 0.2) is 0 Å². The molecular formula is C39H78N4O3. The van der Waals surface area contributed by atoms with Crippen molar-refractivity contribution >= 4 is 17.7 Å². The zero-order valence-corrected chi connectivity index (χ0v) is 31.2. The fourth-order valence-corrected chi connectivity index (χ4v) is 5.95. The van der Waals surface area contributed by atoms with Crippen LogP contribution in [0.4, 0.5) is 0 Å². The molecule has 0 saturated heterocycles. The summed E-state index contributed by atoms with van der Waals surface area (Å²) in [5.41, 5.74) is 0. The van der Waals surface area contributed by atoms with E-state index in [1.807, 2.05) is 14.1 Å². The van der Waals surface area contributed by atoms with Crippen LogP contribution in [-0.2, 0) is 14.4 Å². The maximum atomic E-state index is 12.9. The number of hydrogen-bond donors (Lipinski definition) is 3. The summed E-state index contributed by atoms with van der Waals surface area (Å²) in [5.74, 6) is 0.0163. The van der Waals surface area contributed by atoms with Gasteiger partial charge in [0.1, 0.15) is 6.04 Å². The molecular weight excluding hydrogens is 572 g/mol. The number of nitrogens with one attached hydrogen (secondary N) is 3. The lowest BCUT2D eigenvalue weighted by molar-refractivity contribution is -0.129. The summed E-state index contributed by atoms with van der Waals surface area (Å²) in [6.45, 7) is 6.66. The van der Waals surface area contributed by atoms with Crippen molar-refractivity contribution in [2.45, 2.75) is 200 Å². The van der Waals surface area contributed by atoms with Gasteiger partial charge in [-0.25, -0.2) is 0 Å². The highest BCUT2D eigenvalue weighted by atomic mass is 16.2. The Morgan fingerprint density at radius 2 is 0.891 bits per heavy atom. The molecule has 1 unspecified atom stereocenters. The SMILES string of the molecule is CCCCCCCCCCCCCC(=O)NCCCCC(NC(=O)CCCCCCCCCCCCC)C(=O)NCCCN(C)C. The van der Waals surface area contributed by atoms with Crippen LogP contribution in [0, 0.1) is 0 Å². The van der Waals surface area contributed by atoms with E-state index in [4.69, 9.17) is 0 Å². The summed E-state index contributed by atoms with van der Waals surface area (Å²) >= 11 is 0. The molecule has 0 bridgehead atoms. The Kier molecular flexibility index (Phi) is 33.5. The summed E-state index contributed by atoms with van der Waals surface area (Å²) in [5, 5.41) is 9.08. The fraction of sp³-hybridized carbons (Fsp3) is 0.923. The molecule has 0 spiro atoms. The Labute approximate surface area is 286 Å². The highest BCUT2D eigenvalue weighted by molar-refractivity contribution is 5.87. The molecule has 3 amide bonds. The van der Waals surface area contributed by atoms with Crippen molar-refractivity contribution in [2.24, 2.45) is 0 Å². The predicted molar refractivity (Wildman–Crippen MR) is 197 cm³/mol. The van der Waals surface area contributed by atoms with Crippen molar-refractivity contribution in [1.29, 1.82) is 0 Å². The number of hydrogen-bond acceptors (Lipinski definition) is 4. The van der Waals surface area contributed by atoms with Gasteiger partial charge in [0.05, 0.1) is 0 Å². The lowest BCUT2D eigenvalue weighted by Gasteiger charge is -2.19. The summed E-state index contributed by atoms with van der Waals surface area (Å²) in [7, 11) is 4.05. The van der Waals surface area contributed by atoms with E-state index in [2.05, 4.69) is 34.7 Å². The van der Waals surface area contributed by atoms with E-state index >= 15 is 0 Å². The molecule has 0 heterocycles. The van der Waals surface area contributed by atoms with E-state index in [1.165, 1.54) is 116 Å². The smallest absolute Gasteiger partial charge is 0.242 e. The first-order valence-corrected chi connectivity index (χ1v) is 19.9. The molecule has 0 aliphatic heterocycles. The number of carbonyl (C=O) groups is 3. The molecule has 3 N–H and O–H groups in total. The third kappa shape index (κ3) is 32.3. The summed E-state index contributed by atoms with van der Waals surface area (Å²) < 4.78 is 0. The van der Waals surface area contributed by atoms with Gasteiger partial charge in [0, 0.05) is 25.9 Å². The molecule has 0 aromatic heterocycles. The summed E-state index contributed by atoms with van der Waals surface area (Å²) in [6, 6.07) is -0.508. The van der Waals surface area contributed by atoms with Gasteiger partial charge >= 0.3 is 0 Å². The average molecular weight is 651 g/mol. The van der Waals surface area contributed by atoms with Gasteiger partial charge in [-0.2, -0.15) is 0 Å². The standard InChI is InChI=1S/C39H78N4O3/c1-5-7-9-11-13-15-17-19-21-23-25-31-37(44)40-33-28-27-30-36(39(46)41-34-29-35-43(3)4)42-38(45)32-26-24-22-20-18-16-14-12-10-8-6-2/h36H,5-35H2,1-4H3,(H,40,44)(H,41,46)(H,42,45). The van der Waals surface area contributed by atoms with Gasteiger partial charge in [0.2, 0.25) is 17.7 Å². The Bertz CT molecular complexity index is 701. The van der Waals surface area contributed by atoms with Gasteiger partial charge in [-0.15, -0.1) is 0 Å². The maximum Gasteiger partial charge on any atom is 0.242 e. The van der Waals surface area contributed by atoms with Gasteiger partial charge in [-0.1, -0.05) is 142 Å². The first kappa shape index (κ1) is 44.4. The Balaban J connectivity index is 4.14. The van der Waals surface area contributed by atoms with Crippen LogP contribution in [0.2, 0.25) is 0 Å². The molecule has 0 radical (unpaired) electrons. The number of carbonyl (C=O) groups excluding carboxylic acids is 3. The molecule has 0 aliphatic rings. The minimum atomic E-state index is -0.508. The van der Waals surface area contributed by atoms with Crippen molar-refractivity contribution < 1.29 is 14.4 Å². The van der Waals surface area contributed by atoms with Crippen LogP contribution < -0.4 is 16.0 Å². The van der Waals surface area contributed by atoms with Crippen LogP contribution in [0.3, 0.4) is 0 Å². The van der Waals surface area contributed by atoms with E-state index in [0.717, 1.165) is 51.5 Å². The Morgan fingerprint density at radius 1 is 0.478 bits per heavy atom. The molecule has 0 fully saturated rings. The van der Waals surface area contributed by atoms with E-state index in [1.54, 1.807) is 0 Å². The number of amides is 3. The van der Waals surface area contributed by atoms with E-state index < -0.39 is 6.04 Å². The minimum absolute atomic E-state index is 0.0235. The predicted octanol–water partition coefficient (Wildman–Crippen LogP) is 9.23. The molecule has 7 heteroatoms. The molecule has 0 saturated carbocycles. The van der Waals surface area contributed by atoms with Gasteiger partial charge < -0.3 is 20.9 Å². The molecule has 7 nitrogen and oxygen atoms in total. The first-order valence-electron chi connectivity index (χ1n) is 19.9. The molecule has 1 atom stereocenters. The van der Waals surface area contributed by atoms with Crippen LogP contribution in [0.1, 0.15) is 194 Å². The zero-order chi connectivity index (χ0) is 33.9. The van der Waals surface area contributed by atoms with Crippen molar-refractivity contribution in [3.05, 3.63) is 0 Å². The maximum absolute atomic E-state index is 12.9. The van der Waals surface area contributed by atoms with Crippen LogP contribution in [-0.4, -0.2) is 62.4 Å². The van der Waals surface area contributed by atoms with Crippen molar-refractivity contribution in [2.75, 3.05) is 33.7 Å². The van der Waals surface area contributed by atoms with E-state index in [9.17, 15) is 14.4 Å². The number of unbranched alkanes of at least 4 members (excludes halogenated alkanes) is 21. The van der Waals surface area contributed by atoms with Crippen LogP contribution >= 0.6 is 0 Å². The van der Waals surface area contributed by atoms with Crippen molar-refractivity contribution in [1.82, 2.24) is 20.9 Å². The molecule has 0 aromatic rings. The molecule has 0 aromatic carbocycles. The highest BCUT2D eigenvalue weighted by Crippen LogP contribution is 2.13. The van der Waals surface area contributed by atoms with E-state index in [-0.39, 0.29) is 17.7 Å². The highest BCUT2D eigenvalue weighted by Gasteiger charge is 2.20. The first-order chi connectivity index (χ1) is 22.4. The molecule has 0 aliphatic carbocycles. The third-order valence-electron chi connectivity index (χ3n) is 8.99. The van der Waals surface area contributed by atoms with Crippen molar-refractivity contribution in [3.8, 4) is 0 Å². The summed E-state index contributed by atoms with van der Waals surface area (Å²) in [6.07, 6.45) is 32.0. The average Bonchev–Trinajstić information content (AvgIpc) is 3.03. The molecule has 46 heavy (non-hydrogen) atoms. The van der Waals surface area contributed by atoms with E-state index in [0.29, 0.717) is 32.4 Å². The van der Waals surface area contributed by atoms with Crippen LogP contribution in [0.15, 0.2) is 0 Å². The Hall–Kier alpha value is -1.63. The second-order valence-corrected chi connectivity index (χ2v) is 14.0. The van der Waals surface area contributed by atoms with Crippen LogP contribution in [0.25, 0.3) is 0 Å². The largest absolute Gasteiger partial charge is 0.356 e. The molecule has 0 rings (SSSR count). The lowest BCUT2D eigenvalue weighted by Crippen LogP contribution is -2.47. The van der Waals surface area contributed by atoms with Crippen LogP contribution in [0.5, 0.6) is 0 Å². The minimum Gasteiger partial charge on any atom is -0.356 e. The molecule has 272 valence electrons. The zero-order valence-electron chi connectivity index (χ0n) is 31.2.